The number of aromatic nitrogens is 3. The molecule has 0 aliphatic carbocycles. The highest BCUT2D eigenvalue weighted by atomic mass is 35.5. The zero-order chi connectivity index (χ0) is 26.6. The molecule has 11 heteroatoms. The van der Waals surface area contributed by atoms with Gasteiger partial charge in [0, 0.05) is 30.3 Å². The molecule has 0 bridgehead atoms. The fourth-order valence-electron chi connectivity index (χ4n) is 4.04. The quantitative estimate of drug-likeness (QED) is 0.369. The number of carbonyl (C=O) groups excluding carboxylic acids is 1. The zero-order valence-electron chi connectivity index (χ0n) is 20.0. The minimum Gasteiger partial charge on any atom is -0.477 e. The topological polar surface area (TPSA) is 130 Å². The van der Waals surface area contributed by atoms with Gasteiger partial charge in [-0.3, -0.25) is 14.2 Å². The minimum absolute atomic E-state index is 0.0859. The fourth-order valence-corrected chi connectivity index (χ4v) is 4.16. The van der Waals surface area contributed by atoms with E-state index in [1.165, 1.54) is 21.7 Å². The smallest absolute Gasteiger partial charge is 0.354 e. The third kappa shape index (κ3) is 5.50. The number of amides is 1. The van der Waals surface area contributed by atoms with Crippen molar-refractivity contribution in [2.75, 3.05) is 11.4 Å². The van der Waals surface area contributed by atoms with Crippen molar-refractivity contribution < 1.29 is 19.4 Å². The molecule has 1 aliphatic rings. The number of H-pyrrole nitrogens is 1. The van der Waals surface area contributed by atoms with Crippen LogP contribution in [0.3, 0.4) is 0 Å². The number of carboxylic acid groups (broad SMARTS) is 1. The molecule has 1 aliphatic heterocycles. The standard InChI is InChI=1S/C27H22ClN5O5/c28-18-8-6-17(7-9-18)16-33-25(35)22(32-14-2-5-24(32)34)15-29-27(33)30-19-10-12-20(13-11-19)38-23-4-1-3-21(31-23)26(36)37/h1,3-4,6-13,15H,2,5,14,16H2,(H,29,30)(H,36,37). The van der Waals surface area contributed by atoms with Crippen LogP contribution < -0.4 is 20.8 Å². The van der Waals surface area contributed by atoms with E-state index in [1.807, 2.05) is 12.1 Å². The van der Waals surface area contributed by atoms with Crippen LogP contribution in [-0.4, -0.2) is 38.1 Å². The molecule has 38 heavy (non-hydrogen) atoms. The van der Waals surface area contributed by atoms with Gasteiger partial charge >= 0.3 is 5.97 Å². The van der Waals surface area contributed by atoms with Gasteiger partial charge in [0.25, 0.3) is 5.56 Å². The number of aromatic carboxylic acids is 1. The summed E-state index contributed by atoms with van der Waals surface area (Å²) in [6.07, 6.45) is 2.63. The maximum absolute atomic E-state index is 13.5. The second kappa shape index (κ2) is 10.7. The molecule has 10 nitrogen and oxygen atoms in total. The lowest BCUT2D eigenvalue weighted by Gasteiger charge is -2.17. The Bertz CT molecular complexity index is 1630. The van der Waals surface area contributed by atoms with Gasteiger partial charge < -0.3 is 19.7 Å². The number of hydrogen-bond acceptors (Lipinski definition) is 6. The van der Waals surface area contributed by atoms with E-state index in [4.69, 9.17) is 21.4 Å². The highest BCUT2D eigenvalue weighted by Gasteiger charge is 2.25. The van der Waals surface area contributed by atoms with Crippen LogP contribution >= 0.6 is 11.6 Å². The number of nitrogens with zero attached hydrogens (tertiary/aromatic N) is 4. The molecule has 0 spiro atoms. The average molecular weight is 532 g/mol. The molecule has 0 radical (unpaired) electrons. The van der Waals surface area contributed by atoms with Crippen molar-refractivity contribution >= 4 is 34.9 Å². The number of anilines is 1. The van der Waals surface area contributed by atoms with Crippen LogP contribution in [0.1, 0.15) is 28.9 Å². The molecule has 5 rings (SSSR count). The summed E-state index contributed by atoms with van der Waals surface area (Å²) in [5.74, 6) is -0.654. The van der Waals surface area contributed by atoms with Gasteiger partial charge in [-0.05, 0) is 54.4 Å². The SMILES string of the molecule is O=C(O)c1cccc(Oc2ccc(/N=c3\[nH]cc(N4CCCC4=O)c(=O)n3Cc3ccc(Cl)cc3)cc2)n1. The first-order chi connectivity index (χ1) is 18.4. The highest BCUT2D eigenvalue weighted by molar-refractivity contribution is 6.30. The number of halogens is 1. The molecular formula is C27H22ClN5O5. The van der Waals surface area contributed by atoms with E-state index in [0.717, 1.165) is 5.56 Å². The van der Waals surface area contributed by atoms with Crippen LogP contribution in [0.4, 0.5) is 11.4 Å². The molecule has 1 amide bonds. The Hall–Kier alpha value is -4.70. The lowest BCUT2D eigenvalue weighted by molar-refractivity contribution is -0.117. The average Bonchev–Trinajstić information content (AvgIpc) is 3.34. The van der Waals surface area contributed by atoms with Gasteiger partial charge in [0.1, 0.15) is 11.4 Å². The number of rotatable bonds is 7. The molecular weight excluding hydrogens is 510 g/mol. The second-order valence-electron chi connectivity index (χ2n) is 8.54. The summed E-state index contributed by atoms with van der Waals surface area (Å²) in [4.78, 5) is 50.1. The van der Waals surface area contributed by atoms with Gasteiger partial charge in [-0.25, -0.2) is 14.8 Å². The molecule has 2 aromatic carbocycles. The first-order valence-electron chi connectivity index (χ1n) is 11.8. The maximum atomic E-state index is 13.5. The molecule has 1 saturated heterocycles. The lowest BCUT2D eigenvalue weighted by Crippen LogP contribution is -2.40. The number of carboxylic acids is 1. The molecule has 2 N–H and O–H groups in total. The monoisotopic (exact) mass is 531 g/mol. The van der Waals surface area contributed by atoms with E-state index < -0.39 is 5.97 Å². The maximum Gasteiger partial charge on any atom is 0.354 e. The van der Waals surface area contributed by atoms with Gasteiger partial charge in [0.15, 0.2) is 5.69 Å². The predicted octanol–water partition coefficient (Wildman–Crippen LogP) is 4.12. The Labute approximate surface area is 221 Å². The molecule has 0 unspecified atom stereocenters. The van der Waals surface area contributed by atoms with Crippen LogP contribution in [0.25, 0.3) is 0 Å². The third-order valence-electron chi connectivity index (χ3n) is 5.91. The van der Waals surface area contributed by atoms with E-state index in [9.17, 15) is 14.4 Å². The van der Waals surface area contributed by atoms with E-state index in [1.54, 1.807) is 48.5 Å². The summed E-state index contributed by atoms with van der Waals surface area (Å²) >= 11 is 6.02. The number of carbonyl (C=O) groups is 2. The number of hydrogen-bond donors (Lipinski definition) is 2. The van der Waals surface area contributed by atoms with Crippen LogP contribution in [0, 0.1) is 0 Å². The van der Waals surface area contributed by atoms with Crippen molar-refractivity contribution in [1.82, 2.24) is 14.5 Å². The summed E-state index contributed by atoms with van der Waals surface area (Å²) in [6, 6.07) is 18.3. The minimum atomic E-state index is -1.15. The first kappa shape index (κ1) is 25.0. The normalized spacial score (nSPS) is 13.7. The van der Waals surface area contributed by atoms with Crippen molar-refractivity contribution in [3.63, 3.8) is 0 Å². The van der Waals surface area contributed by atoms with E-state index in [-0.39, 0.29) is 35.3 Å². The highest BCUT2D eigenvalue weighted by Crippen LogP contribution is 2.23. The Morgan fingerprint density at radius 3 is 2.53 bits per heavy atom. The molecule has 2 aromatic heterocycles. The number of ether oxygens (including phenoxy) is 1. The van der Waals surface area contributed by atoms with Crippen LogP contribution in [0.5, 0.6) is 11.6 Å². The molecule has 0 saturated carbocycles. The zero-order valence-corrected chi connectivity index (χ0v) is 20.8. The van der Waals surface area contributed by atoms with Crippen LogP contribution in [0.2, 0.25) is 5.02 Å². The van der Waals surface area contributed by atoms with Crippen molar-refractivity contribution in [2.24, 2.45) is 4.99 Å². The second-order valence-corrected chi connectivity index (χ2v) is 8.97. The van der Waals surface area contributed by atoms with Gasteiger partial charge in [-0.2, -0.15) is 0 Å². The Morgan fingerprint density at radius 2 is 1.84 bits per heavy atom. The molecule has 0 atom stereocenters. The molecule has 4 aromatic rings. The van der Waals surface area contributed by atoms with Crippen LogP contribution in [-0.2, 0) is 11.3 Å². The molecule has 192 valence electrons. The Morgan fingerprint density at radius 1 is 1.08 bits per heavy atom. The summed E-state index contributed by atoms with van der Waals surface area (Å²) in [7, 11) is 0. The van der Waals surface area contributed by atoms with E-state index in [2.05, 4.69) is 15.0 Å². The Balaban J connectivity index is 1.48. The lowest BCUT2D eigenvalue weighted by atomic mass is 10.2. The fraction of sp³-hybridized carbons (Fsp3) is 0.148. The number of pyridine rings is 1. The van der Waals surface area contributed by atoms with Gasteiger partial charge in [-0.1, -0.05) is 29.8 Å². The number of benzene rings is 2. The van der Waals surface area contributed by atoms with Gasteiger partial charge in [-0.15, -0.1) is 0 Å². The largest absolute Gasteiger partial charge is 0.477 e. The van der Waals surface area contributed by atoms with Crippen molar-refractivity contribution in [3.8, 4) is 11.6 Å². The van der Waals surface area contributed by atoms with Crippen LogP contribution in [0.15, 0.2) is 82.7 Å². The summed E-state index contributed by atoms with van der Waals surface area (Å²) in [6.45, 7) is 0.707. The van der Waals surface area contributed by atoms with Gasteiger partial charge in [0.05, 0.1) is 12.2 Å². The molecule has 1 fully saturated rings. The van der Waals surface area contributed by atoms with Crippen molar-refractivity contribution in [1.29, 1.82) is 0 Å². The van der Waals surface area contributed by atoms with E-state index >= 15 is 0 Å². The Kier molecular flexibility index (Phi) is 7.05. The summed E-state index contributed by atoms with van der Waals surface area (Å²) in [5.41, 5.74) is 1.49. The molecule has 3 heterocycles. The predicted molar refractivity (Wildman–Crippen MR) is 140 cm³/mol. The van der Waals surface area contributed by atoms with Gasteiger partial charge in [0.2, 0.25) is 17.4 Å². The summed E-state index contributed by atoms with van der Waals surface area (Å²) < 4.78 is 7.14. The van der Waals surface area contributed by atoms with E-state index in [0.29, 0.717) is 41.5 Å². The third-order valence-corrected chi connectivity index (χ3v) is 6.16. The number of nitrogens with one attached hydrogen (secondary N) is 1. The van der Waals surface area contributed by atoms with Crippen molar-refractivity contribution in [2.45, 2.75) is 19.4 Å². The summed E-state index contributed by atoms with van der Waals surface area (Å²) in [5, 5.41) is 9.69. The van der Waals surface area contributed by atoms with Crippen molar-refractivity contribution in [3.05, 3.63) is 105 Å². The first-order valence-corrected chi connectivity index (χ1v) is 12.2. The number of aromatic amines is 1.